The molecule has 1 N–H and O–H groups in total. The minimum absolute atomic E-state index is 0.0309. The van der Waals surface area contributed by atoms with Crippen LogP contribution in [-0.4, -0.2) is 16.5 Å². The molecular weight excluding hydrogens is 332 g/mol. The Balaban J connectivity index is 2.24. The molecule has 0 fully saturated rings. The summed E-state index contributed by atoms with van der Waals surface area (Å²) in [6, 6.07) is 2.93. The lowest BCUT2D eigenvalue weighted by Gasteiger charge is -2.10. The van der Waals surface area contributed by atoms with Crippen molar-refractivity contribution in [3.05, 3.63) is 40.6 Å². The van der Waals surface area contributed by atoms with Crippen molar-refractivity contribution < 1.29 is 13.5 Å². The highest BCUT2D eigenvalue weighted by atomic mass is 79.9. The van der Waals surface area contributed by atoms with E-state index in [9.17, 15) is 8.78 Å². The molecular formula is C13H12BrF2N3O. The molecule has 0 saturated heterocycles. The number of ether oxygens (including phenoxy) is 1. The topological polar surface area (TPSA) is 47.0 Å². The monoisotopic (exact) mass is 343 g/mol. The zero-order valence-electron chi connectivity index (χ0n) is 10.7. The second-order valence-electron chi connectivity index (χ2n) is 3.98. The van der Waals surface area contributed by atoms with Crippen LogP contribution < -0.4 is 10.1 Å². The first kappa shape index (κ1) is 14.6. The molecule has 20 heavy (non-hydrogen) atoms. The van der Waals surface area contributed by atoms with Gasteiger partial charge in [-0.15, -0.1) is 0 Å². The van der Waals surface area contributed by atoms with Gasteiger partial charge in [-0.3, -0.25) is 0 Å². The van der Waals surface area contributed by atoms with Gasteiger partial charge in [-0.05, 0) is 22.4 Å². The average molecular weight is 344 g/mol. The van der Waals surface area contributed by atoms with Crippen molar-refractivity contribution in [3.8, 4) is 11.6 Å². The number of hydrogen-bond donors (Lipinski definition) is 1. The predicted octanol–water partition coefficient (Wildman–Crippen LogP) is 4.13. The highest BCUT2D eigenvalue weighted by molar-refractivity contribution is 9.10. The Hall–Kier alpha value is -1.76. The fraction of sp³-hybridized carbons (Fsp3) is 0.231. The minimum Gasteiger partial charge on any atom is -0.437 e. The normalized spacial score (nSPS) is 10.4. The van der Waals surface area contributed by atoms with Crippen molar-refractivity contribution in [1.82, 2.24) is 9.97 Å². The molecule has 0 aliphatic carbocycles. The number of rotatable bonds is 5. The van der Waals surface area contributed by atoms with Gasteiger partial charge in [0.25, 0.3) is 0 Å². The van der Waals surface area contributed by atoms with E-state index in [2.05, 4.69) is 31.2 Å². The minimum atomic E-state index is -0.713. The number of benzene rings is 1. The van der Waals surface area contributed by atoms with E-state index in [1.807, 2.05) is 6.92 Å². The Morgan fingerprint density at radius 2 is 1.90 bits per heavy atom. The number of nitrogens with zero attached hydrogens (tertiary/aromatic N) is 2. The van der Waals surface area contributed by atoms with E-state index >= 15 is 0 Å². The quantitative estimate of drug-likeness (QED) is 0.886. The van der Waals surface area contributed by atoms with Gasteiger partial charge < -0.3 is 10.1 Å². The maximum absolute atomic E-state index is 13.1. The van der Waals surface area contributed by atoms with Gasteiger partial charge in [0.15, 0.2) is 0 Å². The highest BCUT2D eigenvalue weighted by Gasteiger charge is 2.11. The lowest BCUT2D eigenvalue weighted by molar-refractivity contribution is 0.447. The fourth-order valence-electron chi connectivity index (χ4n) is 1.49. The van der Waals surface area contributed by atoms with Crippen LogP contribution in [0.1, 0.15) is 13.3 Å². The van der Waals surface area contributed by atoms with Gasteiger partial charge in [0.1, 0.15) is 34.0 Å². The van der Waals surface area contributed by atoms with Crippen molar-refractivity contribution in [3.63, 3.8) is 0 Å². The summed E-state index contributed by atoms with van der Waals surface area (Å²) in [5.41, 5.74) is 0. The third-order valence-corrected chi connectivity index (χ3v) is 3.07. The Morgan fingerprint density at radius 3 is 2.55 bits per heavy atom. The molecule has 0 amide bonds. The summed E-state index contributed by atoms with van der Waals surface area (Å²) in [5.74, 6) is -0.648. The van der Waals surface area contributed by atoms with E-state index in [1.54, 1.807) is 0 Å². The van der Waals surface area contributed by atoms with E-state index in [0.717, 1.165) is 31.2 Å². The maximum atomic E-state index is 13.1. The van der Waals surface area contributed by atoms with Crippen molar-refractivity contribution in [2.24, 2.45) is 0 Å². The lowest BCUT2D eigenvalue weighted by atomic mass is 10.3. The van der Waals surface area contributed by atoms with E-state index in [1.165, 1.54) is 6.33 Å². The first-order chi connectivity index (χ1) is 9.60. The molecule has 0 aliphatic rings. The van der Waals surface area contributed by atoms with E-state index in [0.29, 0.717) is 10.3 Å². The molecule has 1 aromatic heterocycles. The molecule has 0 spiro atoms. The zero-order chi connectivity index (χ0) is 14.5. The largest absolute Gasteiger partial charge is 0.437 e. The van der Waals surface area contributed by atoms with Gasteiger partial charge in [0, 0.05) is 24.7 Å². The van der Waals surface area contributed by atoms with Crippen molar-refractivity contribution in [2.75, 3.05) is 11.9 Å². The third kappa shape index (κ3) is 3.63. The molecule has 2 rings (SSSR count). The lowest BCUT2D eigenvalue weighted by Crippen LogP contribution is -2.04. The number of anilines is 1. The van der Waals surface area contributed by atoms with Gasteiger partial charge in [0.2, 0.25) is 5.88 Å². The molecule has 2 aromatic rings. The summed E-state index contributed by atoms with van der Waals surface area (Å²) in [6.45, 7) is 2.76. The van der Waals surface area contributed by atoms with Crippen LogP contribution in [0.5, 0.6) is 11.6 Å². The Labute approximate surface area is 123 Å². The summed E-state index contributed by atoms with van der Waals surface area (Å²) in [6.07, 6.45) is 2.25. The predicted molar refractivity (Wildman–Crippen MR) is 74.9 cm³/mol. The van der Waals surface area contributed by atoms with Gasteiger partial charge in [-0.1, -0.05) is 6.92 Å². The molecule has 0 bridgehead atoms. The molecule has 0 aliphatic heterocycles. The first-order valence-electron chi connectivity index (χ1n) is 5.98. The maximum Gasteiger partial charge on any atom is 0.238 e. The second kappa shape index (κ2) is 6.60. The summed E-state index contributed by atoms with van der Waals surface area (Å²) < 4.78 is 32.1. The fourth-order valence-corrected chi connectivity index (χ4v) is 1.92. The number of nitrogens with one attached hydrogen (secondary N) is 1. The number of hydrogen-bond acceptors (Lipinski definition) is 4. The van der Waals surface area contributed by atoms with Crippen LogP contribution in [0.15, 0.2) is 29.0 Å². The van der Waals surface area contributed by atoms with Crippen LogP contribution in [0.25, 0.3) is 0 Å². The molecule has 0 atom stereocenters. The van der Waals surface area contributed by atoms with Crippen molar-refractivity contribution in [1.29, 1.82) is 0 Å². The molecule has 106 valence electrons. The molecule has 0 radical (unpaired) electrons. The van der Waals surface area contributed by atoms with Crippen LogP contribution in [0.2, 0.25) is 0 Å². The van der Waals surface area contributed by atoms with E-state index < -0.39 is 11.6 Å². The van der Waals surface area contributed by atoms with Crippen LogP contribution in [-0.2, 0) is 0 Å². The van der Waals surface area contributed by atoms with Crippen molar-refractivity contribution in [2.45, 2.75) is 13.3 Å². The van der Waals surface area contributed by atoms with Gasteiger partial charge >= 0.3 is 0 Å². The smallest absolute Gasteiger partial charge is 0.238 e. The van der Waals surface area contributed by atoms with Crippen LogP contribution >= 0.6 is 15.9 Å². The number of halogens is 3. The zero-order valence-corrected chi connectivity index (χ0v) is 12.2. The summed E-state index contributed by atoms with van der Waals surface area (Å²) in [5, 5.41) is 3.09. The molecule has 0 saturated carbocycles. The van der Waals surface area contributed by atoms with Crippen LogP contribution in [0.3, 0.4) is 0 Å². The summed E-state index contributed by atoms with van der Waals surface area (Å²) in [4.78, 5) is 7.99. The Bertz CT molecular complexity index is 590. The SMILES string of the molecule is CCCNc1ncnc(Oc2cc(F)cc(F)c2)c1Br. The third-order valence-electron chi connectivity index (χ3n) is 2.35. The second-order valence-corrected chi connectivity index (χ2v) is 4.77. The van der Waals surface area contributed by atoms with Gasteiger partial charge in [-0.25, -0.2) is 18.7 Å². The van der Waals surface area contributed by atoms with Gasteiger partial charge in [0.05, 0.1) is 0 Å². The molecule has 1 heterocycles. The van der Waals surface area contributed by atoms with E-state index in [-0.39, 0.29) is 11.6 Å². The molecule has 4 nitrogen and oxygen atoms in total. The Kier molecular flexibility index (Phi) is 4.84. The number of aromatic nitrogens is 2. The van der Waals surface area contributed by atoms with Gasteiger partial charge in [-0.2, -0.15) is 0 Å². The average Bonchev–Trinajstić information content (AvgIpc) is 2.38. The molecule has 0 unspecified atom stereocenters. The molecule has 1 aromatic carbocycles. The van der Waals surface area contributed by atoms with Crippen molar-refractivity contribution >= 4 is 21.7 Å². The first-order valence-corrected chi connectivity index (χ1v) is 6.77. The molecule has 7 heteroatoms. The van der Waals surface area contributed by atoms with Crippen LogP contribution in [0.4, 0.5) is 14.6 Å². The Morgan fingerprint density at radius 1 is 1.20 bits per heavy atom. The van der Waals surface area contributed by atoms with Crippen LogP contribution in [0, 0.1) is 11.6 Å². The standard InChI is InChI=1S/C13H12BrF2N3O/c1-2-3-17-12-11(14)13(19-7-18-12)20-10-5-8(15)4-9(16)6-10/h4-7H,2-3H2,1H3,(H,17,18,19). The summed E-state index contributed by atoms with van der Waals surface area (Å²) in [7, 11) is 0. The van der Waals surface area contributed by atoms with E-state index in [4.69, 9.17) is 4.74 Å². The summed E-state index contributed by atoms with van der Waals surface area (Å²) >= 11 is 3.31. The highest BCUT2D eigenvalue weighted by Crippen LogP contribution is 2.32.